The van der Waals surface area contributed by atoms with Crippen LogP contribution in [0, 0.1) is 15.9 Å². The summed E-state index contributed by atoms with van der Waals surface area (Å²) >= 11 is 1.86. The van der Waals surface area contributed by atoms with Gasteiger partial charge in [-0.05, 0) is 36.4 Å². The van der Waals surface area contributed by atoms with E-state index in [1.165, 1.54) is 6.33 Å². The first-order chi connectivity index (χ1) is 6.46. The van der Waals surface area contributed by atoms with Crippen LogP contribution >= 0.6 is 22.6 Å². The minimum Gasteiger partial charge on any atom is -0.457 e. The normalized spacial score (nSPS) is 10.7. The molecule has 0 amide bonds. The topological polar surface area (TPSA) is 55.0 Å². The third-order valence-corrected chi connectivity index (χ3v) is 2.42. The monoisotopic (exact) mass is 304 g/mol. The Morgan fingerprint density at radius 2 is 2.36 bits per heavy atom. The number of H-pyrrole nitrogens is 1. The van der Waals surface area contributed by atoms with Gasteiger partial charge in [0.05, 0.1) is 6.33 Å². The van der Waals surface area contributed by atoms with Gasteiger partial charge in [0.25, 0.3) is 5.56 Å². The Balaban J connectivity index is 3.06. The van der Waals surface area contributed by atoms with E-state index < -0.39 is 5.60 Å². The molecule has 0 atom stereocenters. The third-order valence-electron chi connectivity index (χ3n) is 1.46. The lowest BCUT2D eigenvalue weighted by atomic mass is 10.1. The van der Waals surface area contributed by atoms with Crippen LogP contribution in [0.15, 0.2) is 11.1 Å². The quantitative estimate of drug-likeness (QED) is 0.659. The molecule has 4 nitrogen and oxygen atoms in total. The lowest BCUT2D eigenvalue weighted by Crippen LogP contribution is -2.28. The van der Waals surface area contributed by atoms with E-state index in [1.54, 1.807) is 13.8 Å². The molecule has 0 saturated heterocycles. The van der Waals surface area contributed by atoms with E-state index in [1.807, 2.05) is 22.6 Å². The summed E-state index contributed by atoms with van der Waals surface area (Å²) in [6.45, 7) is 3.46. The highest BCUT2D eigenvalue weighted by Crippen LogP contribution is 2.18. The van der Waals surface area contributed by atoms with Gasteiger partial charge in [-0.2, -0.15) is 0 Å². The second-order valence-corrected chi connectivity index (χ2v) is 4.19. The first-order valence-corrected chi connectivity index (χ1v) is 4.94. The summed E-state index contributed by atoms with van der Waals surface area (Å²) in [5.41, 5.74) is -0.996. The van der Waals surface area contributed by atoms with Crippen LogP contribution in [0.3, 0.4) is 0 Å². The fourth-order valence-corrected chi connectivity index (χ4v) is 1.11. The Kier molecular flexibility index (Phi) is 3.16. The molecule has 0 radical (unpaired) electrons. The van der Waals surface area contributed by atoms with Crippen molar-refractivity contribution in [2.75, 3.05) is 0 Å². The molecule has 1 aromatic heterocycles. The van der Waals surface area contributed by atoms with Crippen LogP contribution in [0.4, 0.5) is 0 Å². The summed E-state index contributed by atoms with van der Waals surface area (Å²) < 4.78 is 5.78. The number of hydrogen-bond donors (Lipinski definition) is 1. The van der Waals surface area contributed by atoms with E-state index in [0.717, 1.165) is 0 Å². The first kappa shape index (κ1) is 11.0. The van der Waals surface area contributed by atoms with Crippen LogP contribution in [-0.4, -0.2) is 15.6 Å². The predicted octanol–water partition coefficient (Wildman–Crippen LogP) is 1.17. The van der Waals surface area contributed by atoms with Gasteiger partial charge in [-0.15, -0.1) is 6.42 Å². The molecule has 0 aromatic carbocycles. The molecule has 0 spiro atoms. The molecule has 0 aliphatic heterocycles. The van der Waals surface area contributed by atoms with Gasteiger partial charge in [-0.25, -0.2) is 4.98 Å². The SMILES string of the molecule is C#CC(C)(C)Oc1nc[nH]c(=O)c1I. The molecule has 1 rings (SSSR count). The first-order valence-electron chi connectivity index (χ1n) is 3.86. The predicted molar refractivity (Wildman–Crippen MR) is 61.1 cm³/mol. The largest absolute Gasteiger partial charge is 0.457 e. The Morgan fingerprint density at radius 3 is 2.93 bits per heavy atom. The molecular formula is C9H9IN2O2. The van der Waals surface area contributed by atoms with Crippen LogP contribution in [0.25, 0.3) is 0 Å². The Hall–Kier alpha value is -1.03. The van der Waals surface area contributed by atoms with E-state index >= 15 is 0 Å². The maximum absolute atomic E-state index is 11.2. The molecule has 0 saturated carbocycles. The Morgan fingerprint density at radius 1 is 1.71 bits per heavy atom. The average molecular weight is 304 g/mol. The van der Waals surface area contributed by atoms with Crippen molar-refractivity contribution in [3.8, 4) is 18.2 Å². The van der Waals surface area contributed by atoms with E-state index in [4.69, 9.17) is 11.2 Å². The maximum Gasteiger partial charge on any atom is 0.268 e. The van der Waals surface area contributed by atoms with Gasteiger partial charge in [-0.3, -0.25) is 4.79 Å². The lowest BCUT2D eigenvalue weighted by Gasteiger charge is -2.19. The molecule has 74 valence electrons. The number of terminal acetylenes is 1. The number of nitrogens with zero attached hydrogens (tertiary/aromatic N) is 1. The highest BCUT2D eigenvalue weighted by Gasteiger charge is 2.19. The zero-order valence-electron chi connectivity index (χ0n) is 7.80. The van der Waals surface area contributed by atoms with Gasteiger partial charge in [0.1, 0.15) is 3.57 Å². The second-order valence-electron chi connectivity index (χ2n) is 3.11. The number of aromatic amines is 1. The number of nitrogens with one attached hydrogen (secondary N) is 1. The number of rotatable bonds is 2. The maximum atomic E-state index is 11.2. The third kappa shape index (κ3) is 2.48. The number of hydrogen-bond acceptors (Lipinski definition) is 3. The fourth-order valence-electron chi connectivity index (χ4n) is 0.709. The van der Waals surface area contributed by atoms with E-state index in [9.17, 15) is 4.79 Å². The van der Waals surface area contributed by atoms with Crippen molar-refractivity contribution in [2.45, 2.75) is 19.4 Å². The van der Waals surface area contributed by atoms with E-state index in [-0.39, 0.29) is 11.4 Å². The molecule has 0 bridgehead atoms. The molecule has 1 aromatic rings. The van der Waals surface area contributed by atoms with Crippen molar-refractivity contribution in [2.24, 2.45) is 0 Å². The Bertz CT molecular complexity index is 431. The molecule has 0 unspecified atom stereocenters. The smallest absolute Gasteiger partial charge is 0.268 e. The number of ether oxygens (including phenoxy) is 1. The van der Waals surface area contributed by atoms with Crippen LogP contribution in [0.2, 0.25) is 0 Å². The summed E-state index contributed by atoms with van der Waals surface area (Å²) in [7, 11) is 0. The zero-order valence-corrected chi connectivity index (χ0v) is 9.95. The second kappa shape index (κ2) is 4.00. The van der Waals surface area contributed by atoms with Crippen molar-refractivity contribution in [1.29, 1.82) is 0 Å². The summed E-state index contributed by atoms with van der Waals surface area (Å²) in [6, 6.07) is 0. The molecule has 0 fully saturated rings. The van der Waals surface area contributed by atoms with Crippen molar-refractivity contribution in [1.82, 2.24) is 9.97 Å². The number of halogens is 1. The van der Waals surface area contributed by atoms with Crippen LogP contribution in [-0.2, 0) is 0 Å². The molecule has 1 N–H and O–H groups in total. The standard InChI is InChI=1S/C9H9IN2O2/c1-4-9(2,3)14-8-6(10)7(13)11-5-12-8/h1,5H,2-3H3,(H,11,12,13). The van der Waals surface area contributed by atoms with Crippen LogP contribution < -0.4 is 10.3 Å². The Labute approximate surface area is 95.2 Å². The van der Waals surface area contributed by atoms with Crippen LogP contribution in [0.1, 0.15) is 13.8 Å². The molecule has 0 aliphatic rings. The summed E-state index contributed by atoms with van der Waals surface area (Å²) in [6.07, 6.45) is 6.54. The van der Waals surface area contributed by atoms with Crippen LogP contribution in [0.5, 0.6) is 5.88 Å². The van der Waals surface area contributed by atoms with Crippen molar-refractivity contribution in [3.05, 3.63) is 20.3 Å². The average Bonchev–Trinajstić information content (AvgIpc) is 2.13. The van der Waals surface area contributed by atoms with Gasteiger partial charge in [-0.1, -0.05) is 5.92 Å². The highest BCUT2D eigenvalue weighted by molar-refractivity contribution is 14.1. The molecule has 0 aliphatic carbocycles. The zero-order chi connectivity index (χ0) is 10.8. The molecule has 1 heterocycles. The van der Waals surface area contributed by atoms with Crippen molar-refractivity contribution >= 4 is 22.6 Å². The summed E-state index contributed by atoms with van der Waals surface area (Å²) in [4.78, 5) is 17.5. The summed E-state index contributed by atoms with van der Waals surface area (Å²) in [5, 5.41) is 0. The van der Waals surface area contributed by atoms with Crippen molar-refractivity contribution < 1.29 is 4.74 Å². The van der Waals surface area contributed by atoms with Gasteiger partial charge in [0.15, 0.2) is 5.60 Å². The summed E-state index contributed by atoms with van der Waals surface area (Å²) in [5.74, 6) is 2.72. The van der Waals surface area contributed by atoms with Gasteiger partial charge in [0.2, 0.25) is 5.88 Å². The highest BCUT2D eigenvalue weighted by atomic mass is 127. The minimum atomic E-state index is -0.763. The van der Waals surface area contributed by atoms with Crippen molar-refractivity contribution in [3.63, 3.8) is 0 Å². The van der Waals surface area contributed by atoms with Gasteiger partial charge < -0.3 is 9.72 Å². The number of aromatic nitrogens is 2. The molecular weight excluding hydrogens is 295 g/mol. The van der Waals surface area contributed by atoms with Gasteiger partial charge >= 0.3 is 0 Å². The molecule has 14 heavy (non-hydrogen) atoms. The fraction of sp³-hybridized carbons (Fsp3) is 0.333. The lowest BCUT2D eigenvalue weighted by molar-refractivity contribution is 0.162. The van der Waals surface area contributed by atoms with E-state index in [0.29, 0.717) is 3.57 Å². The van der Waals surface area contributed by atoms with Gasteiger partial charge in [0, 0.05) is 0 Å². The molecule has 5 heteroatoms. The minimum absolute atomic E-state index is 0.233. The van der Waals surface area contributed by atoms with E-state index in [2.05, 4.69) is 15.9 Å².